The molecule has 0 aromatic rings. The van der Waals surface area contributed by atoms with Crippen LogP contribution in [0.3, 0.4) is 0 Å². The van der Waals surface area contributed by atoms with E-state index in [0.717, 1.165) is 12.8 Å². The largest absolute Gasteiger partial charge is 0.481 e. The number of amides is 2. The van der Waals surface area contributed by atoms with Crippen LogP contribution in [0.25, 0.3) is 0 Å². The maximum absolute atomic E-state index is 11.5. The van der Waals surface area contributed by atoms with Gasteiger partial charge in [0.15, 0.2) is 0 Å². The molecule has 0 rings (SSSR count). The Morgan fingerprint density at radius 2 is 1.70 bits per heavy atom. The summed E-state index contributed by atoms with van der Waals surface area (Å²) in [6.45, 7) is 4.66. The Bertz CT molecular complexity index is 331. The standard InChI is InChI=1S/C13H24N2O5/c1-9(2)5-4-8-14-13(20)15-10(12(18)19)6-3-7-11(16)17/h9-10H,3-8H2,1-2H3,(H,16,17)(H,18,19)(H2,14,15,20)/t10-/m1/s1. The van der Waals surface area contributed by atoms with E-state index in [0.29, 0.717) is 12.5 Å². The highest BCUT2D eigenvalue weighted by Crippen LogP contribution is 2.03. The molecular formula is C13H24N2O5. The van der Waals surface area contributed by atoms with E-state index in [1.54, 1.807) is 0 Å². The third-order valence-electron chi connectivity index (χ3n) is 2.73. The zero-order valence-electron chi connectivity index (χ0n) is 12.0. The quantitative estimate of drug-likeness (QED) is 0.454. The smallest absolute Gasteiger partial charge is 0.326 e. The summed E-state index contributed by atoms with van der Waals surface area (Å²) in [4.78, 5) is 32.8. The maximum atomic E-state index is 11.5. The molecule has 0 unspecified atom stereocenters. The fourth-order valence-corrected chi connectivity index (χ4v) is 1.64. The van der Waals surface area contributed by atoms with E-state index >= 15 is 0 Å². The first-order valence-electron chi connectivity index (χ1n) is 6.82. The van der Waals surface area contributed by atoms with Crippen LogP contribution in [0, 0.1) is 5.92 Å². The van der Waals surface area contributed by atoms with Crippen LogP contribution in [0.1, 0.15) is 46.0 Å². The number of hydrogen-bond donors (Lipinski definition) is 4. The summed E-state index contributed by atoms with van der Waals surface area (Å²) in [7, 11) is 0. The van der Waals surface area contributed by atoms with Gasteiger partial charge in [0.1, 0.15) is 6.04 Å². The average Bonchev–Trinajstić information content (AvgIpc) is 2.32. The van der Waals surface area contributed by atoms with E-state index in [1.165, 1.54) is 0 Å². The Morgan fingerprint density at radius 1 is 1.05 bits per heavy atom. The lowest BCUT2D eigenvalue weighted by molar-refractivity contribution is -0.140. The monoisotopic (exact) mass is 288 g/mol. The van der Waals surface area contributed by atoms with E-state index in [9.17, 15) is 14.4 Å². The predicted octanol–water partition coefficient (Wildman–Crippen LogP) is 1.43. The minimum Gasteiger partial charge on any atom is -0.481 e. The molecule has 0 aliphatic rings. The molecule has 7 nitrogen and oxygen atoms in total. The van der Waals surface area contributed by atoms with E-state index in [1.807, 2.05) is 0 Å². The summed E-state index contributed by atoms with van der Waals surface area (Å²) in [5.41, 5.74) is 0. The van der Waals surface area contributed by atoms with E-state index in [4.69, 9.17) is 10.2 Å². The number of carboxylic acid groups (broad SMARTS) is 2. The molecule has 0 aromatic heterocycles. The van der Waals surface area contributed by atoms with Gasteiger partial charge in [-0.25, -0.2) is 9.59 Å². The van der Waals surface area contributed by atoms with Crippen molar-refractivity contribution in [2.75, 3.05) is 6.54 Å². The van der Waals surface area contributed by atoms with Gasteiger partial charge >= 0.3 is 18.0 Å². The van der Waals surface area contributed by atoms with E-state index in [2.05, 4.69) is 24.5 Å². The highest BCUT2D eigenvalue weighted by Gasteiger charge is 2.19. The fourth-order valence-electron chi connectivity index (χ4n) is 1.64. The molecule has 116 valence electrons. The lowest BCUT2D eigenvalue weighted by atomic mass is 10.1. The van der Waals surface area contributed by atoms with Crippen molar-refractivity contribution in [3.05, 3.63) is 0 Å². The molecule has 0 aliphatic heterocycles. The molecule has 2 amide bonds. The molecule has 20 heavy (non-hydrogen) atoms. The third kappa shape index (κ3) is 10.2. The highest BCUT2D eigenvalue weighted by atomic mass is 16.4. The molecule has 4 N–H and O–H groups in total. The summed E-state index contributed by atoms with van der Waals surface area (Å²) in [6.07, 6.45) is 2.02. The molecule has 0 bridgehead atoms. The number of carbonyl (C=O) groups excluding carboxylic acids is 1. The van der Waals surface area contributed by atoms with Gasteiger partial charge in [-0.1, -0.05) is 13.8 Å². The number of carboxylic acids is 2. The summed E-state index contributed by atoms with van der Waals surface area (Å²) in [5.74, 6) is -1.58. The summed E-state index contributed by atoms with van der Waals surface area (Å²) in [5, 5.41) is 22.4. The van der Waals surface area contributed by atoms with Gasteiger partial charge < -0.3 is 20.8 Å². The van der Waals surface area contributed by atoms with Gasteiger partial charge in [-0.2, -0.15) is 0 Å². The molecule has 0 radical (unpaired) electrons. The van der Waals surface area contributed by atoms with Gasteiger partial charge in [0, 0.05) is 13.0 Å². The maximum Gasteiger partial charge on any atom is 0.326 e. The van der Waals surface area contributed by atoms with E-state index in [-0.39, 0.29) is 19.3 Å². The van der Waals surface area contributed by atoms with Gasteiger partial charge in [-0.3, -0.25) is 4.79 Å². The molecule has 0 saturated heterocycles. The molecule has 7 heteroatoms. The van der Waals surface area contributed by atoms with Crippen molar-refractivity contribution in [2.45, 2.75) is 52.0 Å². The van der Waals surface area contributed by atoms with Gasteiger partial charge in [-0.05, 0) is 31.6 Å². The highest BCUT2D eigenvalue weighted by molar-refractivity contribution is 5.82. The van der Waals surface area contributed by atoms with Crippen molar-refractivity contribution >= 4 is 18.0 Å². The van der Waals surface area contributed by atoms with Crippen LogP contribution in [0.5, 0.6) is 0 Å². The van der Waals surface area contributed by atoms with Crippen LogP contribution >= 0.6 is 0 Å². The van der Waals surface area contributed by atoms with Gasteiger partial charge in [0.05, 0.1) is 0 Å². The predicted molar refractivity (Wildman–Crippen MR) is 73.5 cm³/mol. The third-order valence-corrected chi connectivity index (χ3v) is 2.73. The second kappa shape index (κ2) is 10.1. The first-order chi connectivity index (χ1) is 9.32. The Balaban J connectivity index is 3.95. The van der Waals surface area contributed by atoms with Crippen molar-refractivity contribution < 1.29 is 24.6 Å². The second-order valence-corrected chi connectivity index (χ2v) is 5.11. The van der Waals surface area contributed by atoms with E-state index < -0.39 is 24.0 Å². The molecule has 0 fully saturated rings. The molecule has 0 saturated carbocycles. The molecular weight excluding hydrogens is 264 g/mol. The van der Waals surface area contributed by atoms with Gasteiger partial charge in [0.25, 0.3) is 0 Å². The number of urea groups is 1. The van der Waals surface area contributed by atoms with Crippen molar-refractivity contribution in [3.63, 3.8) is 0 Å². The average molecular weight is 288 g/mol. The van der Waals surface area contributed by atoms with Crippen LogP contribution in [-0.4, -0.2) is 40.8 Å². The van der Waals surface area contributed by atoms with Crippen LogP contribution in [0.2, 0.25) is 0 Å². The number of hydrogen-bond acceptors (Lipinski definition) is 3. The van der Waals surface area contributed by atoms with Crippen LogP contribution in [0.4, 0.5) is 4.79 Å². The summed E-state index contributed by atoms with van der Waals surface area (Å²) >= 11 is 0. The minimum atomic E-state index is -1.16. The van der Waals surface area contributed by atoms with Crippen molar-refractivity contribution in [1.82, 2.24) is 10.6 Å². The molecule has 0 heterocycles. The Morgan fingerprint density at radius 3 is 2.20 bits per heavy atom. The Hall–Kier alpha value is -1.79. The van der Waals surface area contributed by atoms with Gasteiger partial charge in [0.2, 0.25) is 0 Å². The van der Waals surface area contributed by atoms with Crippen LogP contribution < -0.4 is 10.6 Å². The Labute approximate surface area is 118 Å². The topological polar surface area (TPSA) is 116 Å². The van der Waals surface area contributed by atoms with Crippen molar-refractivity contribution in [1.29, 1.82) is 0 Å². The summed E-state index contributed by atoms with van der Waals surface area (Å²) < 4.78 is 0. The van der Waals surface area contributed by atoms with Crippen molar-refractivity contribution in [2.24, 2.45) is 5.92 Å². The Kier molecular flexibility index (Phi) is 9.15. The first-order valence-corrected chi connectivity index (χ1v) is 6.82. The van der Waals surface area contributed by atoms with Crippen molar-refractivity contribution in [3.8, 4) is 0 Å². The zero-order chi connectivity index (χ0) is 15.5. The number of aliphatic carboxylic acids is 2. The summed E-state index contributed by atoms with van der Waals surface area (Å²) in [6, 6.07) is -1.59. The fraction of sp³-hybridized carbons (Fsp3) is 0.769. The zero-order valence-corrected chi connectivity index (χ0v) is 12.0. The number of nitrogens with one attached hydrogen (secondary N) is 2. The number of carbonyl (C=O) groups is 3. The molecule has 0 aliphatic carbocycles. The molecule has 1 atom stereocenters. The normalized spacial score (nSPS) is 11.9. The number of rotatable bonds is 10. The van der Waals surface area contributed by atoms with Crippen LogP contribution in [0.15, 0.2) is 0 Å². The minimum absolute atomic E-state index is 0.0983. The lowest BCUT2D eigenvalue weighted by Crippen LogP contribution is -2.46. The van der Waals surface area contributed by atoms with Crippen LogP contribution in [-0.2, 0) is 9.59 Å². The SMILES string of the molecule is CC(C)CCCNC(=O)N[C@H](CCCC(=O)O)C(=O)O. The first kappa shape index (κ1) is 18.2. The molecule has 0 spiro atoms. The molecule has 0 aromatic carbocycles. The van der Waals surface area contributed by atoms with Gasteiger partial charge in [-0.15, -0.1) is 0 Å². The lowest BCUT2D eigenvalue weighted by Gasteiger charge is -2.15. The second-order valence-electron chi connectivity index (χ2n) is 5.11.